The van der Waals surface area contributed by atoms with E-state index in [1.54, 1.807) is 6.33 Å². The van der Waals surface area contributed by atoms with Crippen molar-refractivity contribution >= 4 is 11.5 Å². The van der Waals surface area contributed by atoms with Gasteiger partial charge < -0.3 is 10.2 Å². The number of benzene rings is 1. The van der Waals surface area contributed by atoms with Gasteiger partial charge in [0.15, 0.2) is 0 Å². The van der Waals surface area contributed by atoms with E-state index in [-0.39, 0.29) is 0 Å². The molecule has 1 N–H and O–H groups in total. The maximum absolute atomic E-state index is 4.40. The third-order valence-corrected chi connectivity index (χ3v) is 3.09. The van der Waals surface area contributed by atoms with Gasteiger partial charge in [0.25, 0.3) is 0 Å². The minimum atomic E-state index is 0.858. The van der Waals surface area contributed by atoms with E-state index in [1.807, 2.05) is 21.0 Å². The summed E-state index contributed by atoms with van der Waals surface area (Å²) in [6, 6.07) is 8.40. The van der Waals surface area contributed by atoms with Gasteiger partial charge in [-0.25, -0.2) is 9.97 Å². The highest BCUT2D eigenvalue weighted by Gasteiger charge is 2.08. The highest BCUT2D eigenvalue weighted by molar-refractivity contribution is 5.69. The quantitative estimate of drug-likeness (QED) is 0.913. The van der Waals surface area contributed by atoms with Crippen molar-refractivity contribution in [1.29, 1.82) is 0 Å². The van der Waals surface area contributed by atoms with E-state index in [9.17, 15) is 0 Å². The predicted molar refractivity (Wildman–Crippen MR) is 80.7 cm³/mol. The molecule has 1 aromatic carbocycles. The molecule has 4 heteroatoms. The molecule has 0 bridgehead atoms. The Kier molecular flexibility index (Phi) is 4.00. The topological polar surface area (TPSA) is 41.1 Å². The molecule has 0 aliphatic carbocycles. The van der Waals surface area contributed by atoms with Crippen molar-refractivity contribution in [3.63, 3.8) is 0 Å². The highest BCUT2D eigenvalue weighted by Crippen LogP contribution is 2.26. The van der Waals surface area contributed by atoms with Crippen LogP contribution in [0.5, 0.6) is 0 Å². The molecule has 0 fully saturated rings. The summed E-state index contributed by atoms with van der Waals surface area (Å²) >= 11 is 0. The molecule has 0 spiro atoms. The van der Waals surface area contributed by atoms with Crippen LogP contribution in [0, 0.1) is 6.92 Å². The minimum absolute atomic E-state index is 0.858. The summed E-state index contributed by atoms with van der Waals surface area (Å²) in [4.78, 5) is 10.8. The molecule has 0 saturated carbocycles. The van der Waals surface area contributed by atoms with Gasteiger partial charge in [0.05, 0.1) is 5.69 Å². The van der Waals surface area contributed by atoms with Gasteiger partial charge in [-0.05, 0) is 26.0 Å². The van der Waals surface area contributed by atoms with Crippen molar-refractivity contribution in [2.24, 2.45) is 0 Å². The maximum Gasteiger partial charge on any atom is 0.132 e. The molecule has 19 heavy (non-hydrogen) atoms. The standard InChI is InChI=1S/C15H20N4/c1-5-16-15-11(2)14(17-10-18-15)12-6-8-13(9-7-12)19(3)4/h6-10H,5H2,1-4H3,(H,16,17,18). The molecule has 0 radical (unpaired) electrons. The Morgan fingerprint density at radius 3 is 2.37 bits per heavy atom. The number of nitrogens with zero attached hydrogens (tertiary/aromatic N) is 3. The van der Waals surface area contributed by atoms with Gasteiger partial charge in [-0.1, -0.05) is 12.1 Å². The highest BCUT2D eigenvalue weighted by atomic mass is 15.1. The van der Waals surface area contributed by atoms with Crippen LogP contribution in [-0.2, 0) is 0 Å². The number of hydrogen-bond donors (Lipinski definition) is 1. The lowest BCUT2D eigenvalue weighted by atomic mass is 10.1. The first-order valence-corrected chi connectivity index (χ1v) is 6.46. The van der Waals surface area contributed by atoms with Crippen LogP contribution < -0.4 is 10.2 Å². The van der Waals surface area contributed by atoms with Crippen molar-refractivity contribution in [2.75, 3.05) is 30.9 Å². The lowest BCUT2D eigenvalue weighted by Crippen LogP contribution is -2.08. The van der Waals surface area contributed by atoms with E-state index in [2.05, 4.69) is 51.4 Å². The maximum atomic E-state index is 4.40. The molecule has 4 nitrogen and oxygen atoms in total. The van der Waals surface area contributed by atoms with Gasteiger partial charge in [0.1, 0.15) is 12.1 Å². The second-order valence-electron chi connectivity index (χ2n) is 4.67. The van der Waals surface area contributed by atoms with Crippen LogP contribution in [0.1, 0.15) is 12.5 Å². The van der Waals surface area contributed by atoms with Gasteiger partial charge >= 0.3 is 0 Å². The summed E-state index contributed by atoms with van der Waals surface area (Å²) in [5, 5.41) is 3.26. The van der Waals surface area contributed by atoms with Crippen LogP contribution in [-0.4, -0.2) is 30.6 Å². The molecule has 0 unspecified atom stereocenters. The Labute approximate surface area is 114 Å². The number of hydrogen-bond acceptors (Lipinski definition) is 4. The van der Waals surface area contributed by atoms with Crippen LogP contribution in [0.4, 0.5) is 11.5 Å². The largest absolute Gasteiger partial charge is 0.378 e. The van der Waals surface area contributed by atoms with Crippen molar-refractivity contribution in [2.45, 2.75) is 13.8 Å². The lowest BCUT2D eigenvalue weighted by molar-refractivity contribution is 1.09. The fraction of sp³-hybridized carbons (Fsp3) is 0.333. The minimum Gasteiger partial charge on any atom is -0.378 e. The Morgan fingerprint density at radius 2 is 1.79 bits per heavy atom. The van der Waals surface area contributed by atoms with E-state index < -0.39 is 0 Å². The van der Waals surface area contributed by atoms with E-state index in [4.69, 9.17) is 0 Å². The van der Waals surface area contributed by atoms with Crippen LogP contribution in [0.2, 0.25) is 0 Å². The second-order valence-corrected chi connectivity index (χ2v) is 4.67. The fourth-order valence-corrected chi connectivity index (χ4v) is 2.00. The Morgan fingerprint density at radius 1 is 1.11 bits per heavy atom. The molecular formula is C15H20N4. The Hall–Kier alpha value is -2.10. The normalized spacial score (nSPS) is 10.3. The average Bonchev–Trinajstić information content (AvgIpc) is 2.41. The summed E-state index contributed by atoms with van der Waals surface area (Å²) < 4.78 is 0. The zero-order chi connectivity index (χ0) is 13.8. The molecular weight excluding hydrogens is 236 g/mol. The molecule has 0 aliphatic heterocycles. The predicted octanol–water partition coefficient (Wildman–Crippen LogP) is 2.95. The number of anilines is 2. The van der Waals surface area contributed by atoms with Gasteiger partial charge in [-0.15, -0.1) is 0 Å². The SMILES string of the molecule is CCNc1ncnc(-c2ccc(N(C)C)cc2)c1C. The molecule has 2 aromatic rings. The third kappa shape index (κ3) is 2.84. The number of nitrogens with one attached hydrogen (secondary N) is 1. The molecule has 1 aromatic heterocycles. The summed E-state index contributed by atoms with van der Waals surface area (Å²) in [5.41, 5.74) is 4.37. The van der Waals surface area contributed by atoms with Crippen LogP contribution >= 0.6 is 0 Å². The molecule has 0 saturated heterocycles. The van der Waals surface area contributed by atoms with Gasteiger partial charge in [0.2, 0.25) is 0 Å². The zero-order valence-corrected chi connectivity index (χ0v) is 11.9. The monoisotopic (exact) mass is 256 g/mol. The molecule has 0 amide bonds. The smallest absolute Gasteiger partial charge is 0.132 e. The molecule has 100 valence electrons. The van der Waals surface area contributed by atoms with E-state index in [1.165, 1.54) is 5.69 Å². The summed E-state index contributed by atoms with van der Waals surface area (Å²) in [5.74, 6) is 0.907. The van der Waals surface area contributed by atoms with Crippen molar-refractivity contribution in [3.05, 3.63) is 36.2 Å². The van der Waals surface area contributed by atoms with E-state index in [0.717, 1.165) is 29.2 Å². The first-order valence-electron chi connectivity index (χ1n) is 6.46. The summed E-state index contributed by atoms with van der Waals surface area (Å²) in [7, 11) is 4.07. The molecule has 0 atom stereocenters. The average molecular weight is 256 g/mol. The molecule has 1 heterocycles. The van der Waals surface area contributed by atoms with Gasteiger partial charge in [0, 0.05) is 37.5 Å². The van der Waals surface area contributed by atoms with Crippen LogP contribution in [0.25, 0.3) is 11.3 Å². The third-order valence-electron chi connectivity index (χ3n) is 3.09. The molecule has 0 aliphatic rings. The van der Waals surface area contributed by atoms with Crippen LogP contribution in [0.15, 0.2) is 30.6 Å². The second kappa shape index (κ2) is 5.69. The Balaban J connectivity index is 2.38. The van der Waals surface area contributed by atoms with Crippen molar-refractivity contribution in [3.8, 4) is 11.3 Å². The zero-order valence-electron chi connectivity index (χ0n) is 11.9. The first kappa shape index (κ1) is 13.3. The van der Waals surface area contributed by atoms with Gasteiger partial charge in [-0.2, -0.15) is 0 Å². The van der Waals surface area contributed by atoms with Crippen molar-refractivity contribution in [1.82, 2.24) is 9.97 Å². The van der Waals surface area contributed by atoms with E-state index in [0.29, 0.717) is 0 Å². The van der Waals surface area contributed by atoms with Crippen molar-refractivity contribution < 1.29 is 0 Å². The summed E-state index contributed by atoms with van der Waals surface area (Å²) in [6.45, 7) is 4.97. The summed E-state index contributed by atoms with van der Waals surface area (Å²) in [6.07, 6.45) is 1.61. The van der Waals surface area contributed by atoms with Gasteiger partial charge in [-0.3, -0.25) is 0 Å². The lowest BCUT2D eigenvalue weighted by Gasteiger charge is -2.14. The number of aromatic nitrogens is 2. The number of rotatable bonds is 4. The first-order chi connectivity index (χ1) is 9.13. The Bertz CT molecular complexity index is 547. The van der Waals surface area contributed by atoms with Crippen LogP contribution in [0.3, 0.4) is 0 Å². The fourth-order valence-electron chi connectivity index (χ4n) is 2.00. The molecule has 2 rings (SSSR count). The van der Waals surface area contributed by atoms with E-state index >= 15 is 0 Å².